The Balaban J connectivity index is 2.46. The Bertz CT molecular complexity index is 382. The highest BCUT2D eigenvalue weighted by Crippen LogP contribution is 2.04. The highest BCUT2D eigenvalue weighted by molar-refractivity contribution is 5.73. The monoisotopic (exact) mass is 240 g/mol. The second-order valence-corrected chi connectivity index (χ2v) is 2.98. The van der Waals surface area contributed by atoms with E-state index in [9.17, 15) is 4.79 Å². The van der Waals surface area contributed by atoms with Crippen LogP contribution < -0.4 is 27.0 Å². The summed E-state index contributed by atoms with van der Waals surface area (Å²) in [6, 6.07) is -0.268. The highest BCUT2D eigenvalue weighted by atomic mass is 16.2. The van der Waals surface area contributed by atoms with Crippen LogP contribution >= 0.6 is 0 Å². The first-order valence-electron chi connectivity index (χ1n) is 5.10. The molecule has 9 heteroatoms. The van der Waals surface area contributed by atoms with E-state index in [0.717, 1.165) is 0 Å². The summed E-state index contributed by atoms with van der Waals surface area (Å²) in [5.41, 5.74) is 5.47. The van der Waals surface area contributed by atoms with Crippen LogP contribution in [0.4, 0.5) is 22.6 Å². The number of carbonyl (C=O) groups is 1. The number of carbonyl (C=O) groups excluding carboxylic acids is 1. The number of hydrogen-bond acceptors (Lipinski definition) is 7. The van der Waals surface area contributed by atoms with Gasteiger partial charge in [-0.15, -0.1) is 0 Å². The minimum Gasteiger partial charge on any atom is -0.368 e. The van der Waals surface area contributed by atoms with Crippen molar-refractivity contribution in [3.63, 3.8) is 0 Å². The van der Waals surface area contributed by atoms with Crippen molar-refractivity contribution in [2.75, 3.05) is 36.6 Å². The molecule has 0 saturated carbocycles. The molecular formula is C8H16N8O. The average Bonchev–Trinajstić information content (AvgIpc) is 2.28. The van der Waals surface area contributed by atoms with Gasteiger partial charge in [-0.1, -0.05) is 0 Å². The summed E-state index contributed by atoms with van der Waals surface area (Å²) >= 11 is 0. The number of urea groups is 1. The van der Waals surface area contributed by atoms with Gasteiger partial charge in [0.2, 0.25) is 17.8 Å². The average molecular weight is 240 g/mol. The van der Waals surface area contributed by atoms with Gasteiger partial charge < -0.3 is 27.0 Å². The van der Waals surface area contributed by atoms with Crippen molar-refractivity contribution in [3.05, 3.63) is 0 Å². The summed E-state index contributed by atoms with van der Waals surface area (Å²) in [5.74, 6) is 0.751. The molecule has 0 radical (unpaired) electrons. The molecule has 0 aromatic carbocycles. The van der Waals surface area contributed by atoms with Crippen molar-refractivity contribution in [2.45, 2.75) is 6.92 Å². The molecule has 9 nitrogen and oxygen atoms in total. The Labute approximate surface area is 98.6 Å². The summed E-state index contributed by atoms with van der Waals surface area (Å²) in [6.45, 7) is 2.59. The maximum absolute atomic E-state index is 11.1. The van der Waals surface area contributed by atoms with Gasteiger partial charge in [0.25, 0.3) is 0 Å². The van der Waals surface area contributed by atoms with Gasteiger partial charge in [-0.05, 0) is 6.92 Å². The van der Waals surface area contributed by atoms with Gasteiger partial charge in [0.05, 0.1) is 6.67 Å². The lowest BCUT2D eigenvalue weighted by Gasteiger charge is -2.08. The highest BCUT2D eigenvalue weighted by Gasteiger charge is 2.02. The molecular weight excluding hydrogens is 224 g/mol. The van der Waals surface area contributed by atoms with Crippen molar-refractivity contribution in [3.8, 4) is 0 Å². The number of nitrogens with two attached hydrogens (primary N) is 1. The fraction of sp³-hybridized carbons (Fsp3) is 0.500. The predicted octanol–water partition coefficient (Wildman–Crippen LogP) is -0.816. The van der Waals surface area contributed by atoms with Crippen LogP contribution in [0.3, 0.4) is 0 Å². The molecule has 0 atom stereocenters. The molecule has 0 aliphatic heterocycles. The summed E-state index contributed by atoms with van der Waals surface area (Å²) in [5, 5.41) is 10.7. The van der Waals surface area contributed by atoms with E-state index in [1.807, 2.05) is 6.92 Å². The standard InChI is InChI=1S/C8H16N8O/c1-3-11-8(17)13-4-12-7-15-5(9)14-6(10-2)16-7/h3-4H2,1-2H3,(H2,11,13,17)(H4,9,10,12,14,15,16). The van der Waals surface area contributed by atoms with Crippen LogP contribution in [0.1, 0.15) is 6.92 Å². The van der Waals surface area contributed by atoms with E-state index in [1.54, 1.807) is 7.05 Å². The zero-order chi connectivity index (χ0) is 12.7. The predicted molar refractivity (Wildman–Crippen MR) is 64.5 cm³/mol. The van der Waals surface area contributed by atoms with Gasteiger partial charge in [-0.3, -0.25) is 0 Å². The van der Waals surface area contributed by atoms with Crippen LogP contribution in [0.15, 0.2) is 0 Å². The Morgan fingerprint density at radius 1 is 1.24 bits per heavy atom. The van der Waals surface area contributed by atoms with Crippen LogP contribution in [0.5, 0.6) is 0 Å². The molecule has 0 spiro atoms. The molecule has 0 bridgehead atoms. The van der Waals surface area contributed by atoms with Crippen molar-refractivity contribution < 1.29 is 4.79 Å². The Hall–Kier alpha value is -2.32. The molecule has 94 valence electrons. The minimum absolute atomic E-state index is 0.102. The molecule has 0 aliphatic rings. The van der Waals surface area contributed by atoms with Crippen LogP contribution in [0, 0.1) is 0 Å². The van der Waals surface area contributed by atoms with E-state index < -0.39 is 0 Å². The van der Waals surface area contributed by atoms with E-state index in [4.69, 9.17) is 5.73 Å². The first-order chi connectivity index (χ1) is 8.15. The van der Waals surface area contributed by atoms with Crippen LogP contribution in [0.25, 0.3) is 0 Å². The van der Waals surface area contributed by atoms with Gasteiger partial charge >= 0.3 is 6.03 Å². The number of anilines is 3. The third kappa shape index (κ3) is 4.36. The number of hydrogen-bond donors (Lipinski definition) is 5. The van der Waals surface area contributed by atoms with Crippen molar-refractivity contribution in [1.29, 1.82) is 0 Å². The lowest BCUT2D eigenvalue weighted by atomic mass is 10.7. The minimum atomic E-state index is -0.268. The lowest BCUT2D eigenvalue weighted by Crippen LogP contribution is -2.38. The van der Waals surface area contributed by atoms with Crippen LogP contribution in [-0.2, 0) is 0 Å². The quantitative estimate of drug-likeness (QED) is 0.425. The molecule has 0 saturated heterocycles. The first-order valence-corrected chi connectivity index (χ1v) is 5.10. The molecule has 17 heavy (non-hydrogen) atoms. The number of rotatable bonds is 5. The number of nitrogens with one attached hydrogen (secondary N) is 4. The summed E-state index contributed by atoms with van der Waals surface area (Å²) in [6.07, 6.45) is 0. The van der Waals surface area contributed by atoms with Gasteiger partial charge in [-0.25, -0.2) is 4.79 Å². The zero-order valence-electron chi connectivity index (χ0n) is 9.74. The molecule has 2 amide bonds. The zero-order valence-corrected chi connectivity index (χ0v) is 9.74. The Morgan fingerprint density at radius 2 is 1.94 bits per heavy atom. The fourth-order valence-electron chi connectivity index (χ4n) is 1.01. The second kappa shape index (κ2) is 6.30. The van der Waals surface area contributed by atoms with Crippen LogP contribution in [0.2, 0.25) is 0 Å². The molecule has 0 unspecified atom stereocenters. The molecule has 1 aromatic rings. The molecule has 0 fully saturated rings. The van der Waals surface area contributed by atoms with E-state index in [1.165, 1.54) is 0 Å². The molecule has 0 aliphatic carbocycles. The smallest absolute Gasteiger partial charge is 0.316 e. The Kier molecular flexibility index (Phi) is 4.73. The normalized spacial score (nSPS) is 9.53. The third-order valence-electron chi connectivity index (χ3n) is 1.71. The van der Waals surface area contributed by atoms with Crippen molar-refractivity contribution in [1.82, 2.24) is 25.6 Å². The van der Waals surface area contributed by atoms with Gasteiger partial charge in [0, 0.05) is 13.6 Å². The maximum Gasteiger partial charge on any atom is 0.316 e. The fourth-order valence-corrected chi connectivity index (χ4v) is 1.01. The van der Waals surface area contributed by atoms with Crippen molar-refractivity contribution >= 4 is 23.9 Å². The number of nitrogens with zero attached hydrogens (tertiary/aromatic N) is 3. The first kappa shape index (κ1) is 12.7. The molecule has 1 heterocycles. The maximum atomic E-state index is 11.1. The van der Waals surface area contributed by atoms with Gasteiger partial charge in [-0.2, -0.15) is 15.0 Å². The van der Waals surface area contributed by atoms with Crippen molar-refractivity contribution in [2.24, 2.45) is 0 Å². The van der Waals surface area contributed by atoms with E-state index in [2.05, 4.69) is 36.2 Å². The number of nitrogen functional groups attached to an aromatic ring is 1. The number of aromatic nitrogens is 3. The second-order valence-electron chi connectivity index (χ2n) is 2.98. The third-order valence-corrected chi connectivity index (χ3v) is 1.71. The summed E-state index contributed by atoms with van der Waals surface area (Å²) in [7, 11) is 1.67. The number of amides is 2. The summed E-state index contributed by atoms with van der Waals surface area (Å²) < 4.78 is 0. The topological polar surface area (TPSA) is 130 Å². The lowest BCUT2D eigenvalue weighted by molar-refractivity contribution is 0.242. The largest absolute Gasteiger partial charge is 0.368 e. The molecule has 1 aromatic heterocycles. The van der Waals surface area contributed by atoms with E-state index in [-0.39, 0.29) is 18.6 Å². The van der Waals surface area contributed by atoms with Gasteiger partial charge in [0.1, 0.15) is 0 Å². The SMILES string of the molecule is CCNC(=O)NCNc1nc(N)nc(NC)n1. The van der Waals surface area contributed by atoms with Crippen LogP contribution in [-0.4, -0.2) is 41.2 Å². The Morgan fingerprint density at radius 3 is 2.59 bits per heavy atom. The van der Waals surface area contributed by atoms with E-state index in [0.29, 0.717) is 18.4 Å². The van der Waals surface area contributed by atoms with E-state index >= 15 is 0 Å². The molecule has 6 N–H and O–H groups in total. The summed E-state index contributed by atoms with van der Waals surface area (Å²) in [4.78, 5) is 22.8. The molecule has 1 rings (SSSR count). The van der Waals surface area contributed by atoms with Gasteiger partial charge in [0.15, 0.2) is 0 Å².